The third kappa shape index (κ3) is 4.72. The van der Waals surface area contributed by atoms with Crippen LogP contribution in [-0.2, 0) is 6.54 Å². The van der Waals surface area contributed by atoms with E-state index in [4.69, 9.17) is 0 Å². The summed E-state index contributed by atoms with van der Waals surface area (Å²) < 4.78 is 0. The van der Waals surface area contributed by atoms with E-state index < -0.39 is 0 Å². The molecule has 2 N–H and O–H groups in total. The molecule has 118 valence electrons. The Morgan fingerprint density at radius 1 is 1.19 bits per heavy atom. The maximum Gasteiger partial charge on any atom is 0.115 e. The fraction of sp³-hybridized carbons (Fsp3) is 0.667. The highest BCUT2D eigenvalue weighted by Gasteiger charge is 2.29. The van der Waals surface area contributed by atoms with E-state index in [1.807, 2.05) is 12.1 Å². The molecule has 21 heavy (non-hydrogen) atoms. The Morgan fingerprint density at radius 2 is 1.86 bits per heavy atom. The van der Waals surface area contributed by atoms with E-state index in [2.05, 4.69) is 37.9 Å². The maximum atomic E-state index is 9.42. The number of nitrogens with zero attached hydrogens (tertiary/aromatic N) is 1. The summed E-state index contributed by atoms with van der Waals surface area (Å²) in [7, 11) is 0. The van der Waals surface area contributed by atoms with Crippen molar-refractivity contribution in [3.05, 3.63) is 29.8 Å². The van der Waals surface area contributed by atoms with E-state index in [-0.39, 0.29) is 0 Å². The van der Waals surface area contributed by atoms with Crippen molar-refractivity contribution in [3.63, 3.8) is 0 Å². The monoisotopic (exact) mass is 290 g/mol. The topological polar surface area (TPSA) is 35.5 Å². The SMILES string of the molecule is CC(C)CC1CNC(C(C)C)CN1Cc1ccc(O)cc1. The predicted molar refractivity (Wildman–Crippen MR) is 88.4 cm³/mol. The number of benzene rings is 1. The molecule has 2 unspecified atom stereocenters. The van der Waals surface area contributed by atoms with Crippen molar-refractivity contribution < 1.29 is 5.11 Å². The fourth-order valence-electron chi connectivity index (χ4n) is 3.14. The Hall–Kier alpha value is -1.06. The van der Waals surface area contributed by atoms with Crippen molar-refractivity contribution in [1.29, 1.82) is 0 Å². The van der Waals surface area contributed by atoms with Crippen LogP contribution in [0.1, 0.15) is 39.7 Å². The van der Waals surface area contributed by atoms with Gasteiger partial charge in [0.1, 0.15) is 5.75 Å². The lowest BCUT2D eigenvalue weighted by Gasteiger charge is -2.42. The van der Waals surface area contributed by atoms with Gasteiger partial charge in [-0.3, -0.25) is 4.90 Å². The van der Waals surface area contributed by atoms with Gasteiger partial charge >= 0.3 is 0 Å². The van der Waals surface area contributed by atoms with Gasteiger partial charge in [0, 0.05) is 31.7 Å². The Balaban J connectivity index is 2.06. The number of hydrogen-bond acceptors (Lipinski definition) is 3. The number of phenolic OH excluding ortho intramolecular Hbond substituents is 1. The highest BCUT2D eigenvalue weighted by Crippen LogP contribution is 2.21. The van der Waals surface area contributed by atoms with Crippen LogP contribution in [0.3, 0.4) is 0 Å². The molecule has 0 radical (unpaired) electrons. The smallest absolute Gasteiger partial charge is 0.115 e. The molecule has 1 saturated heterocycles. The Bertz CT molecular complexity index is 427. The van der Waals surface area contributed by atoms with Crippen LogP contribution in [-0.4, -0.2) is 35.2 Å². The second-order valence-electron chi connectivity index (χ2n) is 7.14. The molecule has 0 aliphatic carbocycles. The van der Waals surface area contributed by atoms with Crippen LogP contribution in [0.2, 0.25) is 0 Å². The van der Waals surface area contributed by atoms with Gasteiger partial charge in [-0.25, -0.2) is 0 Å². The van der Waals surface area contributed by atoms with Gasteiger partial charge in [-0.15, -0.1) is 0 Å². The molecule has 3 nitrogen and oxygen atoms in total. The zero-order valence-electron chi connectivity index (χ0n) is 13.8. The van der Waals surface area contributed by atoms with Crippen molar-refractivity contribution in [2.24, 2.45) is 11.8 Å². The quantitative estimate of drug-likeness (QED) is 0.874. The van der Waals surface area contributed by atoms with E-state index >= 15 is 0 Å². The minimum atomic E-state index is 0.345. The van der Waals surface area contributed by atoms with E-state index in [1.165, 1.54) is 12.0 Å². The molecule has 0 bridgehead atoms. The van der Waals surface area contributed by atoms with E-state index in [9.17, 15) is 5.11 Å². The van der Waals surface area contributed by atoms with Crippen molar-refractivity contribution in [1.82, 2.24) is 10.2 Å². The zero-order valence-corrected chi connectivity index (χ0v) is 13.8. The summed E-state index contributed by atoms with van der Waals surface area (Å²) in [4.78, 5) is 2.62. The van der Waals surface area contributed by atoms with Gasteiger partial charge in [-0.2, -0.15) is 0 Å². The first-order chi connectivity index (χ1) is 9.95. The van der Waals surface area contributed by atoms with Crippen LogP contribution in [0.4, 0.5) is 0 Å². The number of aromatic hydroxyl groups is 1. The van der Waals surface area contributed by atoms with Crippen molar-refractivity contribution in [3.8, 4) is 5.75 Å². The van der Waals surface area contributed by atoms with Crippen molar-refractivity contribution in [2.45, 2.75) is 52.7 Å². The zero-order chi connectivity index (χ0) is 15.4. The minimum absolute atomic E-state index is 0.345. The molecule has 1 fully saturated rings. The summed E-state index contributed by atoms with van der Waals surface area (Å²) in [6.45, 7) is 12.3. The average Bonchev–Trinajstić information content (AvgIpc) is 2.42. The largest absolute Gasteiger partial charge is 0.508 e. The summed E-state index contributed by atoms with van der Waals surface area (Å²) in [5.41, 5.74) is 1.28. The van der Waals surface area contributed by atoms with E-state index in [0.717, 1.165) is 25.6 Å². The molecule has 0 amide bonds. The summed E-state index contributed by atoms with van der Waals surface area (Å²) in [5.74, 6) is 1.72. The summed E-state index contributed by atoms with van der Waals surface area (Å²) in [6, 6.07) is 8.82. The molecular weight excluding hydrogens is 260 g/mol. The van der Waals surface area contributed by atoms with Crippen molar-refractivity contribution in [2.75, 3.05) is 13.1 Å². The number of phenols is 1. The van der Waals surface area contributed by atoms with Gasteiger partial charge in [0.15, 0.2) is 0 Å². The lowest BCUT2D eigenvalue weighted by atomic mass is 9.94. The maximum absolute atomic E-state index is 9.42. The first-order valence-electron chi connectivity index (χ1n) is 8.21. The summed E-state index contributed by atoms with van der Waals surface area (Å²) >= 11 is 0. The van der Waals surface area contributed by atoms with Gasteiger partial charge in [-0.1, -0.05) is 39.8 Å². The fourth-order valence-corrected chi connectivity index (χ4v) is 3.14. The Morgan fingerprint density at radius 3 is 2.43 bits per heavy atom. The molecule has 2 atom stereocenters. The number of piperazine rings is 1. The minimum Gasteiger partial charge on any atom is -0.508 e. The molecule has 1 aromatic carbocycles. The Labute approximate surface area is 129 Å². The van der Waals surface area contributed by atoms with Crippen LogP contribution < -0.4 is 5.32 Å². The normalized spacial score (nSPS) is 23.9. The Kier molecular flexibility index (Phi) is 5.65. The molecule has 1 aromatic rings. The molecule has 3 heteroatoms. The second-order valence-corrected chi connectivity index (χ2v) is 7.14. The van der Waals surface area contributed by atoms with Crippen molar-refractivity contribution >= 4 is 0 Å². The first-order valence-corrected chi connectivity index (χ1v) is 8.21. The van der Waals surface area contributed by atoms with Crippen LogP contribution in [0.15, 0.2) is 24.3 Å². The standard InChI is InChI=1S/C18H30N2O/c1-13(2)9-16-10-19-18(14(3)4)12-20(16)11-15-5-7-17(21)8-6-15/h5-8,13-14,16,18-19,21H,9-12H2,1-4H3. The first kappa shape index (κ1) is 16.3. The average molecular weight is 290 g/mol. The molecule has 1 heterocycles. The van der Waals surface area contributed by atoms with E-state index in [1.54, 1.807) is 12.1 Å². The predicted octanol–water partition coefficient (Wildman–Crippen LogP) is 3.24. The highest BCUT2D eigenvalue weighted by molar-refractivity contribution is 5.25. The number of nitrogens with one attached hydrogen (secondary N) is 1. The van der Waals surface area contributed by atoms with Gasteiger partial charge in [0.2, 0.25) is 0 Å². The lowest BCUT2D eigenvalue weighted by Crippen LogP contribution is -2.57. The molecule has 0 aromatic heterocycles. The van der Waals surface area contributed by atoms with Crippen LogP contribution in [0.5, 0.6) is 5.75 Å². The number of hydrogen-bond donors (Lipinski definition) is 2. The molecule has 0 saturated carbocycles. The highest BCUT2D eigenvalue weighted by atomic mass is 16.3. The molecule has 1 aliphatic rings. The van der Waals surface area contributed by atoms with E-state index in [0.29, 0.717) is 23.8 Å². The second kappa shape index (κ2) is 7.28. The third-order valence-electron chi connectivity index (χ3n) is 4.43. The summed E-state index contributed by atoms with van der Waals surface area (Å²) in [6.07, 6.45) is 1.23. The van der Waals surface area contributed by atoms with Gasteiger partial charge < -0.3 is 10.4 Å². The van der Waals surface area contributed by atoms with Crippen LogP contribution >= 0.6 is 0 Å². The molecule has 1 aliphatic heterocycles. The molecular formula is C18H30N2O. The van der Waals surface area contributed by atoms with Crippen LogP contribution in [0, 0.1) is 11.8 Å². The number of rotatable bonds is 5. The molecule has 0 spiro atoms. The van der Waals surface area contributed by atoms with Crippen LogP contribution in [0.25, 0.3) is 0 Å². The molecule has 2 rings (SSSR count). The van der Waals surface area contributed by atoms with Gasteiger partial charge in [0.25, 0.3) is 0 Å². The third-order valence-corrected chi connectivity index (χ3v) is 4.43. The summed E-state index contributed by atoms with van der Waals surface area (Å²) in [5, 5.41) is 13.1. The van der Waals surface area contributed by atoms with Gasteiger partial charge in [0.05, 0.1) is 0 Å². The lowest BCUT2D eigenvalue weighted by molar-refractivity contribution is 0.0924. The van der Waals surface area contributed by atoms with Gasteiger partial charge in [-0.05, 0) is 36.0 Å².